The minimum Gasteiger partial charge on any atom is -0.468 e. The minimum atomic E-state index is -0.487. The summed E-state index contributed by atoms with van der Waals surface area (Å²) in [4.78, 5) is 29.4. The topological polar surface area (TPSA) is 60.7 Å². The Morgan fingerprint density at radius 1 is 1.14 bits per heavy atom. The molecule has 0 unspecified atom stereocenters. The second kappa shape index (κ2) is 9.80. The van der Waals surface area contributed by atoms with E-state index in [4.69, 9.17) is 4.74 Å². The predicted molar refractivity (Wildman–Crippen MR) is 109 cm³/mol. The number of esters is 1. The lowest BCUT2D eigenvalue weighted by Crippen LogP contribution is -2.22. The average molecular weight is 437 g/mol. The van der Waals surface area contributed by atoms with Crippen LogP contribution in [0.2, 0.25) is 0 Å². The molecular weight excluding hydrogens is 418 g/mol. The first-order valence-corrected chi connectivity index (χ1v) is 10.6. The summed E-state index contributed by atoms with van der Waals surface area (Å²) in [6.07, 6.45) is 0.829. The molecule has 9 heteroatoms. The summed E-state index contributed by atoms with van der Waals surface area (Å²) < 4.78 is 33.3. The van der Waals surface area contributed by atoms with Crippen molar-refractivity contribution in [3.05, 3.63) is 58.9 Å². The Bertz CT molecular complexity index is 1090. The van der Waals surface area contributed by atoms with Gasteiger partial charge in [-0.1, -0.05) is 11.3 Å². The van der Waals surface area contributed by atoms with Gasteiger partial charge in [-0.05, 0) is 54.6 Å². The molecule has 1 amide bonds. The van der Waals surface area contributed by atoms with Crippen molar-refractivity contribution in [3.63, 3.8) is 0 Å². The molecule has 0 aliphatic carbocycles. The maximum absolute atomic E-state index is 13.5. The van der Waals surface area contributed by atoms with Crippen molar-refractivity contribution in [2.24, 2.45) is 4.99 Å². The van der Waals surface area contributed by atoms with Crippen LogP contribution in [0, 0.1) is 11.6 Å². The first-order valence-electron chi connectivity index (χ1n) is 8.78. The average Bonchev–Trinajstić information content (AvgIpc) is 3.02. The molecule has 2 aromatic carbocycles. The van der Waals surface area contributed by atoms with Crippen LogP contribution < -0.4 is 4.80 Å². The summed E-state index contributed by atoms with van der Waals surface area (Å²) in [5.74, 6) is -0.812. The third-order valence-corrected chi connectivity index (χ3v) is 6.14. The van der Waals surface area contributed by atoms with Crippen LogP contribution in [-0.4, -0.2) is 29.3 Å². The van der Waals surface area contributed by atoms with Crippen molar-refractivity contribution in [3.8, 4) is 0 Å². The lowest BCUT2D eigenvalue weighted by Gasteiger charge is -2.03. The van der Waals surface area contributed by atoms with E-state index in [1.807, 2.05) is 0 Å². The summed E-state index contributed by atoms with van der Waals surface area (Å²) in [5, 5.41) is 0. The lowest BCUT2D eigenvalue weighted by molar-refractivity contribution is -0.141. The molecule has 29 heavy (non-hydrogen) atoms. The van der Waals surface area contributed by atoms with Crippen LogP contribution in [0.5, 0.6) is 0 Å². The van der Waals surface area contributed by atoms with E-state index < -0.39 is 11.8 Å². The number of aromatic nitrogens is 1. The number of rotatable bonds is 7. The molecule has 0 spiro atoms. The molecule has 5 nitrogen and oxygen atoms in total. The standard InChI is InChI=1S/C20H18F2N2O3S2/c1-27-19(26)12-24-16-9-6-14(22)11-17(16)29-20(24)23-18(25)3-2-10-28-15-7-4-13(21)5-8-15/h4-9,11H,2-3,10,12H2,1H3. The van der Waals surface area contributed by atoms with Crippen LogP contribution >= 0.6 is 23.1 Å². The number of hydrogen-bond acceptors (Lipinski definition) is 5. The molecule has 1 aromatic heterocycles. The molecule has 0 saturated heterocycles. The van der Waals surface area contributed by atoms with Gasteiger partial charge in [-0.2, -0.15) is 4.99 Å². The Morgan fingerprint density at radius 2 is 1.86 bits per heavy atom. The molecule has 0 saturated carbocycles. The Morgan fingerprint density at radius 3 is 2.59 bits per heavy atom. The van der Waals surface area contributed by atoms with E-state index in [9.17, 15) is 18.4 Å². The SMILES string of the molecule is COC(=O)Cn1c(=NC(=O)CCCSc2ccc(F)cc2)sc2cc(F)ccc21. The van der Waals surface area contributed by atoms with Gasteiger partial charge < -0.3 is 9.30 Å². The van der Waals surface area contributed by atoms with Gasteiger partial charge in [0.15, 0.2) is 4.80 Å². The Labute approximate surface area is 174 Å². The van der Waals surface area contributed by atoms with E-state index >= 15 is 0 Å². The van der Waals surface area contributed by atoms with Crippen LogP contribution in [0.1, 0.15) is 12.8 Å². The van der Waals surface area contributed by atoms with E-state index in [1.54, 1.807) is 22.8 Å². The van der Waals surface area contributed by atoms with E-state index in [1.165, 1.54) is 43.1 Å². The minimum absolute atomic E-state index is 0.116. The molecule has 0 bridgehead atoms. The van der Waals surface area contributed by atoms with Gasteiger partial charge in [-0.25, -0.2) is 8.78 Å². The zero-order valence-electron chi connectivity index (χ0n) is 15.6. The molecule has 0 aliphatic heterocycles. The normalized spacial score (nSPS) is 11.8. The Kier molecular flexibility index (Phi) is 7.16. The van der Waals surface area contributed by atoms with E-state index in [2.05, 4.69) is 4.99 Å². The quantitative estimate of drug-likeness (QED) is 0.317. The summed E-state index contributed by atoms with van der Waals surface area (Å²) in [5.41, 5.74) is 0.611. The summed E-state index contributed by atoms with van der Waals surface area (Å²) in [6, 6.07) is 10.4. The third kappa shape index (κ3) is 5.74. The number of nitrogens with zero attached hydrogens (tertiary/aromatic N) is 2. The van der Waals surface area contributed by atoms with Crippen LogP contribution in [0.15, 0.2) is 52.4 Å². The smallest absolute Gasteiger partial charge is 0.325 e. The highest BCUT2D eigenvalue weighted by Gasteiger charge is 2.12. The summed E-state index contributed by atoms with van der Waals surface area (Å²) in [7, 11) is 1.28. The third-order valence-electron chi connectivity index (χ3n) is 4.00. The van der Waals surface area contributed by atoms with Crippen molar-refractivity contribution in [2.45, 2.75) is 24.3 Å². The number of carbonyl (C=O) groups excluding carboxylic acids is 2. The molecule has 3 rings (SSSR count). The number of methoxy groups -OCH3 is 1. The van der Waals surface area contributed by atoms with E-state index in [-0.39, 0.29) is 24.7 Å². The first kappa shape index (κ1) is 21.2. The number of thioether (sulfide) groups is 1. The number of carbonyl (C=O) groups is 2. The zero-order chi connectivity index (χ0) is 20.8. The number of benzene rings is 2. The lowest BCUT2D eigenvalue weighted by atomic mass is 10.3. The van der Waals surface area contributed by atoms with Crippen LogP contribution in [0.4, 0.5) is 8.78 Å². The molecule has 3 aromatic rings. The van der Waals surface area contributed by atoms with Gasteiger partial charge in [0.25, 0.3) is 0 Å². The predicted octanol–water partition coefficient (Wildman–Crippen LogP) is 4.15. The molecule has 0 fully saturated rings. The highest BCUT2D eigenvalue weighted by molar-refractivity contribution is 7.99. The molecule has 0 N–H and O–H groups in total. The fraction of sp³-hybridized carbons (Fsp3) is 0.250. The second-order valence-corrected chi connectivity index (χ2v) is 8.25. The molecule has 1 heterocycles. The van der Waals surface area contributed by atoms with Crippen molar-refractivity contribution in [1.82, 2.24) is 4.57 Å². The monoisotopic (exact) mass is 436 g/mol. The van der Waals surface area contributed by atoms with Crippen molar-refractivity contribution in [2.75, 3.05) is 12.9 Å². The molecular formula is C20H18F2N2O3S2. The molecule has 0 atom stereocenters. The number of halogens is 2. The Balaban J connectivity index is 1.70. The van der Waals surface area contributed by atoms with Crippen LogP contribution in [0.3, 0.4) is 0 Å². The van der Waals surface area contributed by atoms with Gasteiger partial charge in [0.2, 0.25) is 5.91 Å². The first-order chi connectivity index (χ1) is 14.0. The number of fused-ring (bicyclic) bond motifs is 1. The van der Waals surface area contributed by atoms with Gasteiger partial charge in [0.05, 0.1) is 17.3 Å². The van der Waals surface area contributed by atoms with Gasteiger partial charge in [-0.3, -0.25) is 9.59 Å². The second-order valence-electron chi connectivity index (χ2n) is 6.07. The van der Waals surface area contributed by atoms with Crippen molar-refractivity contribution >= 4 is 45.2 Å². The summed E-state index contributed by atoms with van der Waals surface area (Å²) >= 11 is 2.67. The van der Waals surface area contributed by atoms with Gasteiger partial charge >= 0.3 is 5.97 Å². The summed E-state index contributed by atoms with van der Waals surface area (Å²) in [6.45, 7) is -0.116. The highest BCUT2D eigenvalue weighted by atomic mass is 32.2. The van der Waals surface area contributed by atoms with Crippen LogP contribution in [-0.2, 0) is 20.9 Å². The number of hydrogen-bond donors (Lipinski definition) is 0. The number of thiazole rings is 1. The van der Waals surface area contributed by atoms with Crippen LogP contribution in [0.25, 0.3) is 10.2 Å². The highest BCUT2D eigenvalue weighted by Crippen LogP contribution is 2.20. The van der Waals surface area contributed by atoms with Gasteiger partial charge in [0.1, 0.15) is 18.2 Å². The number of ether oxygens (including phenoxy) is 1. The van der Waals surface area contributed by atoms with Crippen molar-refractivity contribution in [1.29, 1.82) is 0 Å². The fourth-order valence-corrected chi connectivity index (χ4v) is 4.51. The molecule has 0 aliphatic rings. The largest absolute Gasteiger partial charge is 0.468 e. The van der Waals surface area contributed by atoms with Gasteiger partial charge in [-0.15, -0.1) is 11.8 Å². The fourth-order valence-electron chi connectivity index (χ4n) is 2.59. The zero-order valence-corrected chi connectivity index (χ0v) is 17.2. The molecule has 0 radical (unpaired) electrons. The maximum Gasteiger partial charge on any atom is 0.325 e. The van der Waals surface area contributed by atoms with Gasteiger partial charge in [0, 0.05) is 11.3 Å². The maximum atomic E-state index is 13.5. The number of amides is 1. The Hall–Kier alpha value is -2.52. The molecule has 152 valence electrons. The van der Waals surface area contributed by atoms with E-state index in [0.717, 1.165) is 16.2 Å². The van der Waals surface area contributed by atoms with Crippen molar-refractivity contribution < 1.29 is 23.1 Å². The van der Waals surface area contributed by atoms with E-state index in [0.29, 0.717) is 27.2 Å².